The smallest absolute Gasteiger partial charge is 0.298 e. The van der Waals surface area contributed by atoms with E-state index < -0.39 is 0 Å². The highest BCUT2D eigenvalue weighted by Crippen LogP contribution is 2.28. The van der Waals surface area contributed by atoms with Gasteiger partial charge in [-0.25, -0.2) is 0 Å². The van der Waals surface area contributed by atoms with Crippen molar-refractivity contribution >= 4 is 17.4 Å². The van der Waals surface area contributed by atoms with Crippen LogP contribution in [0.3, 0.4) is 0 Å². The largest absolute Gasteiger partial charge is 0.497 e. The summed E-state index contributed by atoms with van der Waals surface area (Å²) in [6.45, 7) is 5.78. The van der Waals surface area contributed by atoms with Crippen molar-refractivity contribution in [3.8, 4) is 16.7 Å². The molecule has 0 radical (unpaired) electrons. The average Bonchev–Trinajstić information content (AvgIpc) is 3.10. The van der Waals surface area contributed by atoms with Gasteiger partial charge in [-0.15, -0.1) is 0 Å². The van der Waals surface area contributed by atoms with Crippen LogP contribution in [0.5, 0.6) is 16.7 Å². The van der Waals surface area contributed by atoms with Crippen LogP contribution in [0.4, 0.5) is 0 Å². The Morgan fingerprint density at radius 1 is 1.21 bits per heavy atom. The van der Waals surface area contributed by atoms with Crippen molar-refractivity contribution in [3.05, 3.63) is 65.0 Å². The molecule has 0 spiro atoms. The molecule has 0 fully saturated rings. The SMILES string of the molecule is COc1cccc(Cc2nsc(Oc3cc(C(=O)NC(C)C)ccc3C)n2)c1. The van der Waals surface area contributed by atoms with Crippen LogP contribution in [-0.2, 0) is 6.42 Å². The molecule has 0 aliphatic rings. The zero-order chi connectivity index (χ0) is 20.1. The number of carbonyl (C=O) groups excluding carboxylic acids is 1. The maximum atomic E-state index is 12.2. The van der Waals surface area contributed by atoms with Crippen molar-refractivity contribution in [1.29, 1.82) is 0 Å². The first kappa shape index (κ1) is 19.8. The third-order valence-corrected chi connectivity index (χ3v) is 4.65. The van der Waals surface area contributed by atoms with E-state index >= 15 is 0 Å². The van der Waals surface area contributed by atoms with Gasteiger partial charge in [0.05, 0.1) is 7.11 Å². The van der Waals surface area contributed by atoms with Crippen LogP contribution >= 0.6 is 11.5 Å². The number of aryl methyl sites for hydroxylation is 1. The molecule has 0 bridgehead atoms. The van der Waals surface area contributed by atoms with E-state index in [0.717, 1.165) is 16.9 Å². The van der Waals surface area contributed by atoms with Gasteiger partial charge in [-0.05, 0) is 56.2 Å². The summed E-state index contributed by atoms with van der Waals surface area (Å²) < 4.78 is 15.5. The lowest BCUT2D eigenvalue weighted by Gasteiger charge is -2.11. The van der Waals surface area contributed by atoms with Crippen LogP contribution in [0, 0.1) is 6.92 Å². The Balaban J connectivity index is 1.73. The number of nitrogens with zero attached hydrogens (tertiary/aromatic N) is 2. The number of hydrogen-bond donors (Lipinski definition) is 1. The number of amides is 1. The van der Waals surface area contributed by atoms with E-state index in [1.165, 1.54) is 11.5 Å². The summed E-state index contributed by atoms with van der Waals surface area (Å²) in [5.74, 6) is 1.95. The molecule has 1 amide bonds. The van der Waals surface area contributed by atoms with Gasteiger partial charge in [-0.1, -0.05) is 18.2 Å². The van der Waals surface area contributed by atoms with Gasteiger partial charge in [0.1, 0.15) is 11.5 Å². The molecule has 0 unspecified atom stereocenters. The first-order chi connectivity index (χ1) is 13.4. The Labute approximate surface area is 168 Å². The Bertz CT molecular complexity index is 969. The van der Waals surface area contributed by atoms with Gasteiger partial charge < -0.3 is 14.8 Å². The van der Waals surface area contributed by atoms with Crippen molar-refractivity contribution in [2.24, 2.45) is 0 Å². The fourth-order valence-corrected chi connectivity index (χ4v) is 3.17. The lowest BCUT2D eigenvalue weighted by Crippen LogP contribution is -2.30. The number of nitrogens with one attached hydrogen (secondary N) is 1. The topological polar surface area (TPSA) is 73.3 Å². The number of benzene rings is 2. The van der Waals surface area contributed by atoms with E-state index in [2.05, 4.69) is 14.7 Å². The molecule has 1 N–H and O–H groups in total. The molecule has 28 heavy (non-hydrogen) atoms. The number of methoxy groups -OCH3 is 1. The second-order valence-electron chi connectivity index (χ2n) is 6.72. The molecule has 3 rings (SSSR count). The highest BCUT2D eigenvalue weighted by molar-refractivity contribution is 7.07. The Hall–Kier alpha value is -2.93. The number of ether oxygens (including phenoxy) is 2. The highest BCUT2D eigenvalue weighted by Gasteiger charge is 2.13. The molecule has 7 heteroatoms. The summed E-state index contributed by atoms with van der Waals surface area (Å²) in [4.78, 5) is 16.7. The predicted molar refractivity (Wildman–Crippen MR) is 110 cm³/mol. The lowest BCUT2D eigenvalue weighted by atomic mass is 10.1. The Kier molecular flexibility index (Phi) is 6.26. The first-order valence-electron chi connectivity index (χ1n) is 8.99. The molecule has 146 valence electrons. The minimum absolute atomic E-state index is 0.0699. The average molecular weight is 398 g/mol. The maximum absolute atomic E-state index is 12.2. The van der Waals surface area contributed by atoms with Crippen LogP contribution in [0.2, 0.25) is 0 Å². The minimum atomic E-state index is -0.129. The second kappa shape index (κ2) is 8.84. The van der Waals surface area contributed by atoms with Crippen LogP contribution in [0.1, 0.15) is 41.2 Å². The summed E-state index contributed by atoms with van der Waals surface area (Å²) in [7, 11) is 1.64. The van der Waals surface area contributed by atoms with Gasteiger partial charge in [0.2, 0.25) is 0 Å². The summed E-state index contributed by atoms with van der Waals surface area (Å²) >= 11 is 1.19. The van der Waals surface area contributed by atoms with Crippen molar-refractivity contribution in [3.63, 3.8) is 0 Å². The molecule has 0 aliphatic carbocycles. The number of aromatic nitrogens is 2. The summed E-state index contributed by atoms with van der Waals surface area (Å²) in [5.41, 5.74) is 2.54. The molecule has 6 nitrogen and oxygen atoms in total. The molecule has 0 atom stereocenters. The first-order valence-corrected chi connectivity index (χ1v) is 9.77. The third kappa shape index (κ3) is 5.07. The van der Waals surface area contributed by atoms with Crippen molar-refractivity contribution in [2.45, 2.75) is 33.2 Å². The van der Waals surface area contributed by atoms with Gasteiger partial charge in [0.15, 0.2) is 5.82 Å². The van der Waals surface area contributed by atoms with Gasteiger partial charge in [0.25, 0.3) is 11.1 Å². The summed E-state index contributed by atoms with van der Waals surface area (Å²) in [6, 6.07) is 13.3. The Morgan fingerprint density at radius 3 is 2.79 bits per heavy atom. The zero-order valence-electron chi connectivity index (χ0n) is 16.4. The van der Waals surface area contributed by atoms with Crippen LogP contribution in [0.15, 0.2) is 42.5 Å². The molecule has 3 aromatic rings. The number of carbonyl (C=O) groups is 1. The van der Waals surface area contributed by atoms with Gasteiger partial charge in [-0.3, -0.25) is 4.79 Å². The van der Waals surface area contributed by atoms with Crippen molar-refractivity contribution < 1.29 is 14.3 Å². The summed E-state index contributed by atoms with van der Waals surface area (Å²) in [6.07, 6.45) is 0.590. The van der Waals surface area contributed by atoms with E-state index in [9.17, 15) is 4.79 Å². The quantitative estimate of drug-likeness (QED) is 0.641. The van der Waals surface area contributed by atoms with Crippen molar-refractivity contribution in [2.75, 3.05) is 7.11 Å². The second-order valence-corrected chi connectivity index (χ2v) is 7.43. The van der Waals surface area contributed by atoms with E-state index in [4.69, 9.17) is 9.47 Å². The lowest BCUT2D eigenvalue weighted by molar-refractivity contribution is 0.0943. The van der Waals surface area contributed by atoms with E-state index in [-0.39, 0.29) is 11.9 Å². The highest BCUT2D eigenvalue weighted by atomic mass is 32.1. The maximum Gasteiger partial charge on any atom is 0.298 e. The van der Waals surface area contributed by atoms with Gasteiger partial charge in [-0.2, -0.15) is 9.36 Å². The fraction of sp³-hybridized carbons (Fsp3) is 0.286. The normalized spacial score (nSPS) is 10.8. The van der Waals surface area contributed by atoms with Gasteiger partial charge in [0, 0.05) is 29.6 Å². The van der Waals surface area contributed by atoms with Crippen LogP contribution in [0.25, 0.3) is 0 Å². The molecular formula is C21H23N3O3S. The molecular weight excluding hydrogens is 374 g/mol. The molecule has 1 aromatic heterocycles. The molecule has 2 aromatic carbocycles. The van der Waals surface area contributed by atoms with Crippen LogP contribution < -0.4 is 14.8 Å². The standard InChI is InChI=1S/C21H23N3O3S/c1-13(2)22-20(25)16-9-8-14(3)18(12-16)27-21-23-19(24-28-21)11-15-6-5-7-17(10-15)26-4/h5-10,12-13H,11H2,1-4H3,(H,22,25). The molecule has 1 heterocycles. The Morgan fingerprint density at radius 2 is 2.04 bits per heavy atom. The van der Waals surface area contributed by atoms with Gasteiger partial charge >= 0.3 is 0 Å². The third-order valence-electron chi connectivity index (χ3n) is 4.01. The molecule has 0 aliphatic heterocycles. The van der Waals surface area contributed by atoms with Crippen molar-refractivity contribution in [1.82, 2.24) is 14.7 Å². The minimum Gasteiger partial charge on any atom is -0.497 e. The van der Waals surface area contributed by atoms with E-state index in [1.807, 2.05) is 51.1 Å². The van der Waals surface area contributed by atoms with E-state index in [1.54, 1.807) is 19.2 Å². The monoisotopic (exact) mass is 397 g/mol. The molecule has 0 saturated heterocycles. The summed E-state index contributed by atoms with van der Waals surface area (Å²) in [5, 5.41) is 3.33. The fourth-order valence-electron chi connectivity index (χ4n) is 2.61. The van der Waals surface area contributed by atoms with E-state index in [0.29, 0.717) is 28.8 Å². The van der Waals surface area contributed by atoms with Crippen LogP contribution in [-0.4, -0.2) is 28.4 Å². The number of hydrogen-bond acceptors (Lipinski definition) is 6. The molecule has 0 saturated carbocycles. The number of rotatable bonds is 7. The predicted octanol–water partition coefficient (Wildman–Crippen LogP) is 4.38. The zero-order valence-corrected chi connectivity index (χ0v) is 17.2.